The second-order valence-corrected chi connectivity index (χ2v) is 6.22. The van der Waals surface area contributed by atoms with E-state index in [0.29, 0.717) is 11.4 Å². The molecule has 1 aromatic carbocycles. The van der Waals surface area contributed by atoms with Crippen LogP contribution in [0.2, 0.25) is 5.02 Å². The Bertz CT molecular complexity index is 1040. The van der Waals surface area contributed by atoms with Crippen molar-refractivity contribution < 1.29 is 18.3 Å². The Balaban J connectivity index is 2.17. The third kappa shape index (κ3) is 3.08. The summed E-state index contributed by atoms with van der Waals surface area (Å²) in [5.74, 6) is 0.346. The number of halogens is 4. The van der Waals surface area contributed by atoms with Crippen LogP contribution in [-0.4, -0.2) is 24.9 Å². The fraction of sp³-hybridized carbons (Fsp3) is 0.312. The van der Waals surface area contributed by atoms with Gasteiger partial charge in [0, 0.05) is 5.02 Å². The molecule has 26 heavy (non-hydrogen) atoms. The van der Waals surface area contributed by atoms with Crippen LogP contribution in [0.25, 0.3) is 11.0 Å². The summed E-state index contributed by atoms with van der Waals surface area (Å²) in [4.78, 5) is 18.9. The topological polar surface area (TPSA) is 83.8 Å². The minimum absolute atomic E-state index is 0.0805. The number of alkyl halides is 3. The number of aromatic nitrogens is 4. The van der Waals surface area contributed by atoms with Gasteiger partial charge in [0.05, 0.1) is 18.2 Å². The second-order valence-electron chi connectivity index (χ2n) is 5.81. The Labute approximate surface area is 150 Å². The van der Waals surface area contributed by atoms with Crippen molar-refractivity contribution in [3.63, 3.8) is 0 Å². The van der Waals surface area contributed by atoms with Crippen molar-refractivity contribution in [3.05, 3.63) is 56.2 Å². The average Bonchev–Trinajstić information content (AvgIpc) is 2.92. The molecule has 0 spiro atoms. The number of nitrogens with one attached hydrogen (secondary N) is 1. The fourth-order valence-electron chi connectivity index (χ4n) is 2.78. The van der Waals surface area contributed by atoms with Crippen molar-refractivity contribution in [1.29, 1.82) is 0 Å². The standard InChI is InChI=1S/C16H14ClF3N4O2/c1-7(10-4-3-9(5-11(10)17)16(18,19)20)24-14-13(12(6-25)23-24)15(26)22-8(2)21-14/h3-5,7,25H,6H2,1-2H3,(H,21,22,26)/t7-/m0/s1. The van der Waals surface area contributed by atoms with Crippen LogP contribution < -0.4 is 5.56 Å². The number of H-pyrrole nitrogens is 1. The predicted octanol–water partition coefficient (Wildman–Crippen LogP) is 3.20. The van der Waals surface area contributed by atoms with Crippen molar-refractivity contribution in [2.45, 2.75) is 32.7 Å². The third-order valence-electron chi connectivity index (χ3n) is 4.05. The number of nitrogens with zero attached hydrogens (tertiary/aromatic N) is 3. The molecule has 0 amide bonds. The van der Waals surface area contributed by atoms with Gasteiger partial charge in [0.25, 0.3) is 5.56 Å². The van der Waals surface area contributed by atoms with Crippen LogP contribution in [0.3, 0.4) is 0 Å². The number of hydrogen-bond donors (Lipinski definition) is 2. The molecule has 3 rings (SSSR count). The third-order valence-corrected chi connectivity index (χ3v) is 4.37. The average molecular weight is 387 g/mol. The molecule has 3 aromatic rings. The summed E-state index contributed by atoms with van der Waals surface area (Å²) in [6.45, 7) is 2.78. The number of aromatic amines is 1. The van der Waals surface area contributed by atoms with Gasteiger partial charge in [-0.3, -0.25) is 4.79 Å². The monoisotopic (exact) mass is 386 g/mol. The van der Waals surface area contributed by atoms with Gasteiger partial charge in [-0.2, -0.15) is 18.3 Å². The minimum atomic E-state index is -4.50. The van der Waals surface area contributed by atoms with Gasteiger partial charge in [-0.1, -0.05) is 17.7 Å². The molecule has 0 fully saturated rings. The van der Waals surface area contributed by atoms with Gasteiger partial charge < -0.3 is 10.1 Å². The largest absolute Gasteiger partial charge is 0.416 e. The number of aryl methyl sites for hydroxylation is 1. The van der Waals surface area contributed by atoms with E-state index in [0.717, 1.165) is 12.1 Å². The summed E-state index contributed by atoms with van der Waals surface area (Å²) in [5.41, 5.74) is -0.575. The predicted molar refractivity (Wildman–Crippen MR) is 89.1 cm³/mol. The van der Waals surface area contributed by atoms with E-state index in [1.807, 2.05) is 0 Å². The Morgan fingerprint density at radius 2 is 2.08 bits per heavy atom. The molecule has 138 valence electrons. The zero-order chi connectivity index (χ0) is 19.2. The molecule has 0 bridgehead atoms. The second kappa shape index (κ2) is 6.40. The zero-order valence-electron chi connectivity index (χ0n) is 13.7. The summed E-state index contributed by atoms with van der Waals surface area (Å²) >= 11 is 6.06. The molecular weight excluding hydrogens is 373 g/mol. The van der Waals surface area contributed by atoms with Gasteiger partial charge in [0.15, 0.2) is 5.65 Å². The summed E-state index contributed by atoms with van der Waals surface area (Å²) in [7, 11) is 0. The minimum Gasteiger partial charge on any atom is -0.390 e. The van der Waals surface area contributed by atoms with E-state index in [-0.39, 0.29) is 21.7 Å². The Kier molecular flexibility index (Phi) is 4.53. The van der Waals surface area contributed by atoms with Crippen LogP contribution in [0.4, 0.5) is 13.2 Å². The molecule has 0 unspecified atom stereocenters. The lowest BCUT2D eigenvalue weighted by atomic mass is 10.1. The zero-order valence-corrected chi connectivity index (χ0v) is 14.5. The molecule has 2 heterocycles. The normalized spacial score (nSPS) is 13.3. The lowest BCUT2D eigenvalue weighted by molar-refractivity contribution is -0.137. The van der Waals surface area contributed by atoms with Crippen molar-refractivity contribution >= 4 is 22.6 Å². The lowest BCUT2D eigenvalue weighted by Crippen LogP contribution is -2.14. The van der Waals surface area contributed by atoms with Gasteiger partial charge in [-0.25, -0.2) is 9.67 Å². The summed E-state index contributed by atoms with van der Waals surface area (Å²) in [5, 5.41) is 13.7. The highest BCUT2D eigenvalue weighted by Gasteiger charge is 2.31. The molecule has 0 radical (unpaired) electrons. The Morgan fingerprint density at radius 1 is 1.38 bits per heavy atom. The molecule has 0 aliphatic carbocycles. The maximum atomic E-state index is 12.8. The lowest BCUT2D eigenvalue weighted by Gasteiger charge is -2.16. The van der Waals surface area contributed by atoms with Gasteiger partial charge in [0.2, 0.25) is 0 Å². The van der Waals surface area contributed by atoms with E-state index in [1.165, 1.54) is 10.7 Å². The first-order valence-corrected chi connectivity index (χ1v) is 7.96. The number of aliphatic hydroxyl groups excluding tert-OH is 1. The molecule has 0 saturated heterocycles. The first-order valence-electron chi connectivity index (χ1n) is 7.59. The van der Waals surface area contributed by atoms with Crippen molar-refractivity contribution in [2.24, 2.45) is 0 Å². The van der Waals surface area contributed by atoms with E-state index in [2.05, 4.69) is 15.1 Å². The molecule has 0 aliphatic rings. The van der Waals surface area contributed by atoms with Crippen LogP contribution >= 0.6 is 11.6 Å². The highest BCUT2D eigenvalue weighted by Crippen LogP contribution is 2.35. The molecule has 0 aliphatic heterocycles. The van der Waals surface area contributed by atoms with E-state index in [1.54, 1.807) is 13.8 Å². The van der Waals surface area contributed by atoms with Crippen molar-refractivity contribution in [2.75, 3.05) is 0 Å². The van der Waals surface area contributed by atoms with E-state index >= 15 is 0 Å². The summed E-state index contributed by atoms with van der Waals surface area (Å²) < 4.78 is 39.8. The molecule has 1 atom stereocenters. The molecule has 0 saturated carbocycles. The quantitative estimate of drug-likeness (QED) is 0.724. The number of rotatable bonds is 3. The number of benzene rings is 1. The highest BCUT2D eigenvalue weighted by molar-refractivity contribution is 6.31. The highest BCUT2D eigenvalue weighted by atomic mass is 35.5. The van der Waals surface area contributed by atoms with Crippen LogP contribution in [-0.2, 0) is 12.8 Å². The maximum Gasteiger partial charge on any atom is 0.416 e. The maximum absolute atomic E-state index is 12.8. The molecule has 2 N–H and O–H groups in total. The molecule has 10 heteroatoms. The first kappa shape index (κ1) is 18.4. The molecular formula is C16H14ClF3N4O2. The van der Waals surface area contributed by atoms with Crippen LogP contribution in [0, 0.1) is 6.92 Å². The molecule has 6 nitrogen and oxygen atoms in total. The van der Waals surface area contributed by atoms with Crippen LogP contribution in [0.5, 0.6) is 0 Å². The Morgan fingerprint density at radius 3 is 2.65 bits per heavy atom. The van der Waals surface area contributed by atoms with Crippen molar-refractivity contribution in [3.8, 4) is 0 Å². The van der Waals surface area contributed by atoms with Gasteiger partial charge in [-0.15, -0.1) is 0 Å². The number of aliphatic hydroxyl groups is 1. The van der Waals surface area contributed by atoms with Gasteiger partial charge in [0.1, 0.15) is 16.9 Å². The van der Waals surface area contributed by atoms with Gasteiger partial charge >= 0.3 is 6.18 Å². The Hall–Kier alpha value is -2.39. The van der Waals surface area contributed by atoms with Gasteiger partial charge in [-0.05, 0) is 31.5 Å². The first-order chi connectivity index (χ1) is 12.1. The summed E-state index contributed by atoms with van der Waals surface area (Å²) in [6, 6.07) is 2.43. The summed E-state index contributed by atoms with van der Waals surface area (Å²) in [6.07, 6.45) is -4.50. The number of fused-ring (bicyclic) bond motifs is 1. The SMILES string of the molecule is Cc1nc2c(c(CO)nn2[C@@H](C)c2ccc(C(F)(F)F)cc2Cl)c(=O)[nH]1. The van der Waals surface area contributed by atoms with E-state index in [4.69, 9.17) is 11.6 Å². The fourth-order valence-corrected chi connectivity index (χ4v) is 3.12. The van der Waals surface area contributed by atoms with Crippen LogP contribution in [0.1, 0.15) is 35.6 Å². The van der Waals surface area contributed by atoms with Crippen molar-refractivity contribution in [1.82, 2.24) is 19.7 Å². The molecule has 2 aromatic heterocycles. The smallest absolute Gasteiger partial charge is 0.390 e. The van der Waals surface area contributed by atoms with Crippen LogP contribution in [0.15, 0.2) is 23.0 Å². The van der Waals surface area contributed by atoms with E-state index < -0.39 is 29.9 Å². The van der Waals surface area contributed by atoms with E-state index in [9.17, 15) is 23.1 Å². The number of hydrogen-bond acceptors (Lipinski definition) is 4.